The van der Waals surface area contributed by atoms with E-state index in [4.69, 9.17) is 12.2 Å². The van der Waals surface area contributed by atoms with E-state index in [1.54, 1.807) is 11.3 Å². The lowest BCUT2D eigenvalue weighted by Gasteiger charge is -2.08. The number of rotatable bonds is 3. The third-order valence-corrected chi connectivity index (χ3v) is 4.04. The first-order valence-corrected chi connectivity index (χ1v) is 6.86. The number of thiazole rings is 1. The molecule has 4 nitrogen and oxygen atoms in total. The Morgan fingerprint density at radius 2 is 2.06 bits per heavy atom. The van der Waals surface area contributed by atoms with Crippen LogP contribution in [-0.2, 0) is 0 Å². The summed E-state index contributed by atoms with van der Waals surface area (Å²) in [5.74, 6) is 1.33. The Balaban J connectivity index is 2.49. The molecule has 92 valence electrons. The van der Waals surface area contributed by atoms with Crippen LogP contribution in [0.2, 0.25) is 0 Å². The second kappa shape index (κ2) is 4.70. The predicted molar refractivity (Wildman–Crippen MR) is 73.0 cm³/mol. The minimum Gasteiger partial charge on any atom is -0.297 e. The van der Waals surface area contributed by atoms with Gasteiger partial charge in [0.25, 0.3) is 0 Å². The van der Waals surface area contributed by atoms with E-state index in [1.165, 1.54) is 0 Å². The van der Waals surface area contributed by atoms with Crippen molar-refractivity contribution in [1.29, 1.82) is 0 Å². The highest BCUT2D eigenvalue weighted by Crippen LogP contribution is 2.29. The Kier molecular flexibility index (Phi) is 3.44. The monoisotopic (exact) mass is 268 g/mol. The fraction of sp³-hybridized carbons (Fsp3) is 0.545. The Hall–Kier alpha value is -1.01. The summed E-state index contributed by atoms with van der Waals surface area (Å²) >= 11 is 6.91. The van der Waals surface area contributed by atoms with E-state index in [0.29, 0.717) is 16.7 Å². The molecule has 0 radical (unpaired) electrons. The van der Waals surface area contributed by atoms with Gasteiger partial charge in [-0.2, -0.15) is 5.10 Å². The van der Waals surface area contributed by atoms with E-state index < -0.39 is 0 Å². The fourth-order valence-electron chi connectivity index (χ4n) is 1.62. The van der Waals surface area contributed by atoms with E-state index in [-0.39, 0.29) is 0 Å². The zero-order valence-electron chi connectivity index (χ0n) is 10.4. The van der Waals surface area contributed by atoms with Crippen molar-refractivity contribution in [2.24, 2.45) is 0 Å². The highest BCUT2D eigenvalue weighted by molar-refractivity contribution is 7.71. The first-order chi connectivity index (χ1) is 8.00. The first kappa shape index (κ1) is 12.4. The number of aromatic amines is 1. The number of hydrogen-bond acceptors (Lipinski definition) is 4. The molecule has 0 atom stereocenters. The van der Waals surface area contributed by atoms with Gasteiger partial charge in [-0.3, -0.25) is 9.67 Å². The number of H-pyrrole nitrogens is 1. The molecule has 0 amide bonds. The molecule has 1 N–H and O–H groups in total. The molecule has 6 heteroatoms. The maximum Gasteiger partial charge on any atom is 0.195 e. The lowest BCUT2D eigenvalue weighted by molar-refractivity contribution is 0.597. The topological polar surface area (TPSA) is 46.5 Å². The molecule has 0 bridgehead atoms. The van der Waals surface area contributed by atoms with Crippen molar-refractivity contribution >= 4 is 23.6 Å². The molecule has 0 spiro atoms. The van der Waals surface area contributed by atoms with Crippen LogP contribution in [0, 0.1) is 4.77 Å². The van der Waals surface area contributed by atoms with Gasteiger partial charge in [-0.25, -0.2) is 4.98 Å². The van der Waals surface area contributed by atoms with Crippen molar-refractivity contribution < 1.29 is 0 Å². The molecule has 0 unspecified atom stereocenters. The molecule has 0 saturated heterocycles. The summed E-state index contributed by atoms with van der Waals surface area (Å²) in [6.45, 7) is 8.47. The molecule has 2 aromatic rings. The minimum atomic E-state index is 0.292. The molecule has 0 aromatic carbocycles. The SMILES string of the molecule is CC(C)c1ncc(-c2n[nH]c(=S)n2C(C)C)s1. The standard InChI is InChI=1S/C11H16N4S2/c1-6(2)10-12-5-8(17-10)9-13-14-11(16)15(9)7(3)4/h5-7H,1-4H3,(H,14,16). The molecule has 2 aromatic heterocycles. The molecule has 2 heterocycles. The summed E-state index contributed by atoms with van der Waals surface area (Å²) in [4.78, 5) is 5.48. The second-order valence-corrected chi connectivity index (χ2v) is 5.98. The van der Waals surface area contributed by atoms with Gasteiger partial charge in [-0.15, -0.1) is 11.3 Å². The molecular formula is C11H16N4S2. The van der Waals surface area contributed by atoms with Crippen LogP contribution >= 0.6 is 23.6 Å². The lowest BCUT2D eigenvalue weighted by atomic mass is 10.2. The third-order valence-electron chi connectivity index (χ3n) is 2.46. The summed E-state index contributed by atoms with van der Waals surface area (Å²) in [7, 11) is 0. The highest BCUT2D eigenvalue weighted by Gasteiger charge is 2.15. The molecule has 17 heavy (non-hydrogen) atoms. The fourth-order valence-corrected chi connectivity index (χ4v) is 2.87. The Labute approximate surface area is 110 Å². The molecular weight excluding hydrogens is 252 g/mol. The number of hydrogen-bond donors (Lipinski definition) is 1. The summed E-state index contributed by atoms with van der Waals surface area (Å²) in [5.41, 5.74) is 0. The normalized spacial score (nSPS) is 11.6. The zero-order valence-corrected chi connectivity index (χ0v) is 12.0. The zero-order chi connectivity index (χ0) is 12.6. The predicted octanol–water partition coefficient (Wildman–Crippen LogP) is 3.77. The van der Waals surface area contributed by atoms with Crippen molar-refractivity contribution in [3.05, 3.63) is 16.0 Å². The number of nitrogens with zero attached hydrogens (tertiary/aromatic N) is 3. The average molecular weight is 268 g/mol. The van der Waals surface area contributed by atoms with E-state index in [1.807, 2.05) is 10.8 Å². The molecule has 0 aliphatic carbocycles. The van der Waals surface area contributed by atoms with E-state index in [2.05, 4.69) is 42.9 Å². The van der Waals surface area contributed by atoms with Crippen LogP contribution < -0.4 is 0 Å². The van der Waals surface area contributed by atoms with E-state index in [9.17, 15) is 0 Å². The maximum atomic E-state index is 5.24. The van der Waals surface area contributed by atoms with Gasteiger partial charge in [-0.1, -0.05) is 13.8 Å². The van der Waals surface area contributed by atoms with Crippen molar-refractivity contribution in [3.63, 3.8) is 0 Å². The van der Waals surface area contributed by atoms with Crippen LogP contribution in [-0.4, -0.2) is 19.7 Å². The van der Waals surface area contributed by atoms with Crippen LogP contribution in [0.4, 0.5) is 0 Å². The van der Waals surface area contributed by atoms with Gasteiger partial charge < -0.3 is 0 Å². The number of aromatic nitrogens is 4. The molecule has 2 rings (SSSR count). The maximum absolute atomic E-state index is 5.24. The quantitative estimate of drug-likeness (QED) is 0.862. The largest absolute Gasteiger partial charge is 0.297 e. The van der Waals surface area contributed by atoms with Crippen LogP contribution in [0.3, 0.4) is 0 Å². The first-order valence-electron chi connectivity index (χ1n) is 5.63. The minimum absolute atomic E-state index is 0.292. The van der Waals surface area contributed by atoms with Crippen LogP contribution in [0.5, 0.6) is 0 Å². The summed E-state index contributed by atoms with van der Waals surface area (Å²) < 4.78 is 2.68. The highest BCUT2D eigenvalue weighted by atomic mass is 32.1. The van der Waals surface area contributed by atoms with Gasteiger partial charge in [0.05, 0.1) is 9.88 Å². The summed E-state index contributed by atoms with van der Waals surface area (Å²) in [5, 5.41) is 8.28. The third kappa shape index (κ3) is 2.32. The Morgan fingerprint density at radius 1 is 1.35 bits per heavy atom. The van der Waals surface area contributed by atoms with Gasteiger partial charge >= 0.3 is 0 Å². The van der Waals surface area contributed by atoms with Gasteiger partial charge in [0.1, 0.15) is 0 Å². The Bertz CT molecular complexity index is 562. The van der Waals surface area contributed by atoms with Gasteiger partial charge in [0.15, 0.2) is 10.6 Å². The molecule has 0 fully saturated rings. The van der Waals surface area contributed by atoms with Gasteiger partial charge in [0, 0.05) is 18.2 Å². The summed E-state index contributed by atoms with van der Waals surface area (Å²) in [6.07, 6.45) is 1.88. The van der Waals surface area contributed by atoms with Crippen LogP contribution in [0.15, 0.2) is 6.20 Å². The molecule has 0 saturated carbocycles. The van der Waals surface area contributed by atoms with Gasteiger partial charge in [-0.05, 0) is 26.1 Å². The van der Waals surface area contributed by atoms with Crippen LogP contribution in [0.1, 0.15) is 44.7 Å². The smallest absolute Gasteiger partial charge is 0.195 e. The van der Waals surface area contributed by atoms with E-state index >= 15 is 0 Å². The van der Waals surface area contributed by atoms with Crippen LogP contribution in [0.25, 0.3) is 10.7 Å². The van der Waals surface area contributed by atoms with Crippen molar-refractivity contribution in [1.82, 2.24) is 19.7 Å². The second-order valence-electron chi connectivity index (χ2n) is 4.53. The van der Waals surface area contributed by atoms with Crippen molar-refractivity contribution in [2.75, 3.05) is 0 Å². The van der Waals surface area contributed by atoms with Gasteiger partial charge in [0.2, 0.25) is 0 Å². The molecule has 0 aliphatic heterocycles. The number of nitrogens with one attached hydrogen (secondary N) is 1. The van der Waals surface area contributed by atoms with E-state index in [0.717, 1.165) is 15.7 Å². The average Bonchev–Trinajstić information content (AvgIpc) is 2.82. The molecule has 0 aliphatic rings. The lowest BCUT2D eigenvalue weighted by Crippen LogP contribution is -2.02. The van der Waals surface area contributed by atoms with Crippen molar-refractivity contribution in [3.8, 4) is 10.7 Å². The Morgan fingerprint density at radius 3 is 2.59 bits per heavy atom. The summed E-state index contributed by atoms with van der Waals surface area (Å²) in [6, 6.07) is 0.292. The van der Waals surface area contributed by atoms with Crippen molar-refractivity contribution in [2.45, 2.75) is 39.7 Å².